The number of furan rings is 1. The third kappa shape index (κ3) is 4.48. The molecule has 1 aliphatic heterocycles. The van der Waals surface area contributed by atoms with E-state index in [4.69, 9.17) is 14.1 Å². The molecule has 1 fully saturated rings. The molecular weight excluding hydrogens is 525 g/mol. The number of hydrogen-bond acceptors (Lipinski definition) is 6. The largest absolute Gasteiger partial charge is 0.451 e. The maximum atomic E-state index is 13.2. The molecule has 6 nitrogen and oxygen atoms in total. The van der Waals surface area contributed by atoms with Crippen molar-refractivity contribution in [3.63, 3.8) is 0 Å². The van der Waals surface area contributed by atoms with Gasteiger partial charge in [0.2, 0.25) is 0 Å². The smallest absolute Gasteiger partial charge is 0.290 e. The van der Waals surface area contributed by atoms with Crippen molar-refractivity contribution < 1.29 is 13.9 Å². The second-order valence-electron chi connectivity index (χ2n) is 7.48. The van der Waals surface area contributed by atoms with Gasteiger partial charge in [0.1, 0.15) is 10.6 Å². The average molecular weight is 549 g/mol. The lowest BCUT2D eigenvalue weighted by molar-refractivity contribution is 0.0594. The number of aromatic nitrogens is 1. The van der Waals surface area contributed by atoms with Crippen molar-refractivity contribution in [2.45, 2.75) is 13.2 Å². The first kappa shape index (κ1) is 22.2. The molecule has 0 unspecified atom stereocenters. The predicted molar refractivity (Wildman–Crippen MR) is 133 cm³/mol. The number of thiazole rings is 1. The van der Waals surface area contributed by atoms with Crippen LogP contribution in [-0.2, 0) is 17.9 Å². The van der Waals surface area contributed by atoms with Crippen LogP contribution in [0.2, 0.25) is 0 Å². The van der Waals surface area contributed by atoms with Crippen LogP contribution >= 0.6 is 35.3 Å². The van der Waals surface area contributed by atoms with E-state index in [1.54, 1.807) is 18.4 Å². The van der Waals surface area contributed by atoms with Crippen molar-refractivity contribution in [1.82, 2.24) is 14.8 Å². The van der Waals surface area contributed by atoms with Crippen LogP contribution in [-0.4, -0.2) is 54.0 Å². The molecule has 1 aliphatic rings. The van der Waals surface area contributed by atoms with Gasteiger partial charge in [-0.25, -0.2) is 4.98 Å². The van der Waals surface area contributed by atoms with E-state index >= 15 is 0 Å². The number of amides is 1. The Kier molecular flexibility index (Phi) is 6.90. The molecule has 0 atom stereocenters. The quantitative estimate of drug-likeness (QED) is 0.336. The summed E-state index contributed by atoms with van der Waals surface area (Å²) < 4.78 is 12.5. The first-order valence-electron chi connectivity index (χ1n) is 10.1. The zero-order chi connectivity index (χ0) is 20.5. The SMILES string of the molecule is COCc1c(C(=O)N2CCN(Cc3nc4ccccc4s3)CC2)oc2ccccc12.I. The van der Waals surface area contributed by atoms with Crippen molar-refractivity contribution in [1.29, 1.82) is 0 Å². The Bertz CT molecular complexity index is 1160. The number of para-hydroxylation sites is 2. The van der Waals surface area contributed by atoms with Gasteiger partial charge in [-0.15, -0.1) is 35.3 Å². The molecule has 1 amide bonds. The second-order valence-corrected chi connectivity index (χ2v) is 8.60. The number of nitrogens with zero attached hydrogens (tertiary/aromatic N) is 3. The summed E-state index contributed by atoms with van der Waals surface area (Å²) >= 11 is 1.74. The summed E-state index contributed by atoms with van der Waals surface area (Å²) in [6.45, 7) is 4.17. The summed E-state index contributed by atoms with van der Waals surface area (Å²) in [4.78, 5) is 22.2. The molecule has 0 spiro atoms. The highest BCUT2D eigenvalue weighted by molar-refractivity contribution is 14.0. The summed E-state index contributed by atoms with van der Waals surface area (Å²) in [5, 5.41) is 2.06. The Morgan fingerprint density at radius 1 is 1.10 bits per heavy atom. The molecule has 0 saturated carbocycles. The highest BCUT2D eigenvalue weighted by atomic mass is 127. The van der Waals surface area contributed by atoms with Crippen molar-refractivity contribution >= 4 is 62.4 Å². The number of hydrogen-bond donors (Lipinski definition) is 0. The van der Waals surface area contributed by atoms with Crippen LogP contribution in [0.15, 0.2) is 52.9 Å². The third-order valence-corrected chi connectivity index (χ3v) is 6.56. The van der Waals surface area contributed by atoms with Gasteiger partial charge in [0.05, 0.1) is 23.4 Å². The molecule has 31 heavy (non-hydrogen) atoms. The molecule has 1 saturated heterocycles. The van der Waals surface area contributed by atoms with Gasteiger partial charge in [0, 0.05) is 44.2 Å². The van der Waals surface area contributed by atoms with Crippen LogP contribution in [0.1, 0.15) is 21.1 Å². The Labute approximate surface area is 201 Å². The molecule has 0 radical (unpaired) electrons. The minimum Gasteiger partial charge on any atom is -0.451 e. The Hall–Kier alpha value is -2.01. The van der Waals surface area contributed by atoms with Crippen molar-refractivity contribution in [2.75, 3.05) is 33.3 Å². The number of carbonyl (C=O) groups excluding carboxylic acids is 1. The molecule has 4 aromatic rings. The zero-order valence-electron chi connectivity index (χ0n) is 17.2. The molecule has 2 aromatic heterocycles. The number of ether oxygens (including phenoxy) is 1. The number of benzene rings is 2. The van der Waals surface area contributed by atoms with E-state index < -0.39 is 0 Å². The molecular formula is C23H24IN3O3S. The first-order valence-corrected chi connectivity index (χ1v) is 10.9. The van der Waals surface area contributed by atoms with Gasteiger partial charge in [0.15, 0.2) is 5.76 Å². The molecule has 0 bridgehead atoms. The molecule has 3 heterocycles. The van der Waals surface area contributed by atoms with E-state index in [9.17, 15) is 4.79 Å². The molecule has 8 heteroatoms. The number of rotatable bonds is 5. The lowest BCUT2D eigenvalue weighted by atomic mass is 10.1. The Balaban J connectivity index is 0.00000231. The number of halogens is 1. The third-order valence-electron chi connectivity index (χ3n) is 5.54. The van der Waals surface area contributed by atoms with E-state index in [-0.39, 0.29) is 29.9 Å². The van der Waals surface area contributed by atoms with E-state index in [0.717, 1.165) is 46.7 Å². The van der Waals surface area contributed by atoms with Crippen LogP contribution in [0, 0.1) is 0 Å². The lowest BCUT2D eigenvalue weighted by Crippen LogP contribution is -2.48. The fourth-order valence-corrected chi connectivity index (χ4v) is 5.00. The fourth-order valence-electron chi connectivity index (χ4n) is 3.99. The standard InChI is InChI=1S/C23H23N3O3S.HI/c1-28-15-17-16-6-2-4-8-19(16)29-22(17)23(27)26-12-10-25(11-13-26)14-21-24-18-7-3-5-9-20(18)30-21;/h2-9H,10-15H2,1H3;1H. The molecule has 162 valence electrons. The van der Waals surface area contributed by atoms with Gasteiger partial charge in [-0.3, -0.25) is 9.69 Å². The minimum absolute atomic E-state index is 0. The maximum Gasteiger partial charge on any atom is 0.290 e. The van der Waals surface area contributed by atoms with E-state index in [1.807, 2.05) is 41.3 Å². The Morgan fingerprint density at radius 2 is 1.84 bits per heavy atom. The fraction of sp³-hybridized carbons (Fsp3) is 0.304. The van der Waals surface area contributed by atoms with Crippen LogP contribution in [0.4, 0.5) is 0 Å². The van der Waals surface area contributed by atoms with Crippen molar-refractivity contribution in [2.24, 2.45) is 0 Å². The number of methoxy groups -OCH3 is 1. The summed E-state index contributed by atoms with van der Waals surface area (Å²) in [6.07, 6.45) is 0. The van der Waals surface area contributed by atoms with Crippen LogP contribution in [0.25, 0.3) is 21.2 Å². The van der Waals surface area contributed by atoms with Crippen molar-refractivity contribution in [3.05, 3.63) is 64.9 Å². The second kappa shape index (κ2) is 9.64. The highest BCUT2D eigenvalue weighted by Gasteiger charge is 2.28. The molecule has 5 rings (SSSR count). The van der Waals surface area contributed by atoms with Gasteiger partial charge in [-0.2, -0.15) is 0 Å². The van der Waals surface area contributed by atoms with Gasteiger partial charge < -0.3 is 14.1 Å². The highest BCUT2D eigenvalue weighted by Crippen LogP contribution is 2.28. The monoisotopic (exact) mass is 549 g/mol. The van der Waals surface area contributed by atoms with E-state index in [2.05, 4.69) is 17.0 Å². The zero-order valence-corrected chi connectivity index (χ0v) is 20.4. The average Bonchev–Trinajstić information content (AvgIpc) is 3.35. The summed E-state index contributed by atoms with van der Waals surface area (Å²) in [6, 6.07) is 16.0. The topological polar surface area (TPSA) is 58.8 Å². The number of fused-ring (bicyclic) bond motifs is 2. The Morgan fingerprint density at radius 3 is 2.61 bits per heavy atom. The number of piperazine rings is 1. The van der Waals surface area contributed by atoms with Gasteiger partial charge in [-0.05, 0) is 18.2 Å². The van der Waals surface area contributed by atoms with Crippen molar-refractivity contribution in [3.8, 4) is 0 Å². The summed E-state index contributed by atoms with van der Waals surface area (Å²) in [5.41, 5.74) is 2.61. The normalized spacial score (nSPS) is 14.8. The first-order chi connectivity index (χ1) is 14.7. The number of carbonyl (C=O) groups is 1. The van der Waals surface area contributed by atoms with Gasteiger partial charge in [-0.1, -0.05) is 30.3 Å². The molecule has 2 aromatic carbocycles. The van der Waals surface area contributed by atoms with Gasteiger partial charge >= 0.3 is 0 Å². The lowest BCUT2D eigenvalue weighted by Gasteiger charge is -2.33. The van der Waals surface area contributed by atoms with Crippen LogP contribution < -0.4 is 0 Å². The maximum absolute atomic E-state index is 13.2. The molecule has 0 aliphatic carbocycles. The van der Waals surface area contributed by atoms with E-state index in [0.29, 0.717) is 25.5 Å². The van der Waals surface area contributed by atoms with Gasteiger partial charge in [0.25, 0.3) is 5.91 Å². The van der Waals surface area contributed by atoms with Crippen LogP contribution in [0.5, 0.6) is 0 Å². The molecule has 0 N–H and O–H groups in total. The predicted octanol–water partition coefficient (Wildman–Crippen LogP) is 4.76. The van der Waals surface area contributed by atoms with E-state index in [1.165, 1.54) is 4.70 Å². The summed E-state index contributed by atoms with van der Waals surface area (Å²) in [7, 11) is 1.64. The summed E-state index contributed by atoms with van der Waals surface area (Å²) in [5.74, 6) is 0.343. The van der Waals surface area contributed by atoms with Crippen LogP contribution in [0.3, 0.4) is 0 Å². The minimum atomic E-state index is -0.0575.